The van der Waals surface area contributed by atoms with Crippen molar-refractivity contribution >= 4 is 67.8 Å². The molecule has 0 rings (SSSR count). The van der Waals surface area contributed by atoms with Gasteiger partial charge in [0.15, 0.2) is 0 Å². The fourth-order valence-electron chi connectivity index (χ4n) is 7.07. The summed E-state index contributed by atoms with van der Waals surface area (Å²) in [7, 11) is -15.9. The first kappa shape index (κ1) is 74.5. The molecule has 0 N–H and O–H groups in total. The van der Waals surface area contributed by atoms with E-state index in [4.69, 9.17) is 0 Å². The van der Waals surface area contributed by atoms with Crippen molar-refractivity contribution in [3.8, 4) is 0 Å². The Bertz CT molecular complexity index is 1150. The second-order valence-corrected chi connectivity index (χ2v) is 23.9. The van der Waals surface area contributed by atoms with Crippen molar-refractivity contribution in [3.05, 3.63) is 0 Å². The van der Waals surface area contributed by atoms with Crippen LogP contribution in [0.3, 0.4) is 0 Å². The van der Waals surface area contributed by atoms with Crippen LogP contribution in [0, 0.1) is 0 Å². The summed E-state index contributed by atoms with van der Waals surface area (Å²) < 4.78 is 124. The van der Waals surface area contributed by atoms with Crippen LogP contribution in [0.2, 0.25) is 0 Å². The summed E-state index contributed by atoms with van der Waals surface area (Å²) in [6.07, 6.45) is 45.8. The second kappa shape index (κ2) is 55.5. The van der Waals surface area contributed by atoms with E-state index in [2.05, 4.69) is 27.7 Å². The van der Waals surface area contributed by atoms with Gasteiger partial charge in [0.25, 0.3) is 0 Å². The first-order valence-electron chi connectivity index (χ1n) is 26.0. The van der Waals surface area contributed by atoms with E-state index in [1.807, 2.05) is 0 Å². The Hall–Kier alpha value is 0.562. The molecular formula is C48H100O12PbS4-4. The molecule has 0 heterocycles. The average molecular weight is 1200 g/mol. The van der Waals surface area contributed by atoms with E-state index in [1.165, 1.54) is 180 Å². The molecule has 0 aromatic heterocycles. The normalized spacial score (nSPS) is 11.7. The van der Waals surface area contributed by atoms with Gasteiger partial charge in [-0.25, -0.2) is 33.7 Å². The molecular weight excluding hydrogens is 1100 g/mol. The predicted octanol–water partition coefficient (Wildman–Crippen LogP) is 13.4. The van der Waals surface area contributed by atoms with Crippen LogP contribution in [-0.2, 0) is 40.5 Å². The summed E-state index contributed by atoms with van der Waals surface area (Å²) in [6.45, 7) is 8.85. The van der Waals surface area contributed by atoms with Crippen LogP contribution in [-0.4, -0.2) is 102 Å². The van der Waals surface area contributed by atoms with E-state index in [-0.39, 0.29) is 50.3 Å². The van der Waals surface area contributed by atoms with Crippen molar-refractivity contribution in [1.29, 1.82) is 0 Å². The fourth-order valence-corrected chi connectivity index (χ4v) is 9.30. The SMILES string of the molecule is CCCCCCCCCCCCS(=O)(=O)[O-].CCCCCCCCCCCCS(=O)(=O)[O-].CCCCCCCCCCCCS(=O)(=O)[O-].CCCCCCCCCCCCS(=O)(=O)[O-].[Pb]. The number of unbranched alkanes of at least 4 members (excludes halogenated alkanes) is 36. The Morgan fingerprint density at radius 2 is 0.292 bits per heavy atom. The van der Waals surface area contributed by atoms with Gasteiger partial charge in [-0.05, 0) is 25.7 Å². The molecule has 0 aromatic rings. The van der Waals surface area contributed by atoms with Crippen LogP contribution in [0.5, 0.6) is 0 Å². The molecule has 0 aliphatic carbocycles. The van der Waals surface area contributed by atoms with Crippen molar-refractivity contribution in [1.82, 2.24) is 0 Å². The quantitative estimate of drug-likeness (QED) is 0.0315. The Kier molecular flexibility index (Phi) is 63.6. The second-order valence-electron chi connectivity index (χ2n) is 17.8. The first-order chi connectivity index (χ1) is 30.2. The summed E-state index contributed by atoms with van der Waals surface area (Å²) >= 11 is 0. The van der Waals surface area contributed by atoms with E-state index in [0.717, 1.165) is 51.4 Å². The molecule has 65 heavy (non-hydrogen) atoms. The zero-order valence-corrected chi connectivity index (χ0v) is 49.3. The van der Waals surface area contributed by atoms with Crippen LogP contribution in [0.1, 0.15) is 285 Å². The smallest absolute Gasteiger partial charge is 0.0945 e. The van der Waals surface area contributed by atoms with E-state index in [0.29, 0.717) is 25.7 Å². The molecule has 396 valence electrons. The van der Waals surface area contributed by atoms with Crippen LogP contribution in [0.4, 0.5) is 0 Å². The summed E-state index contributed by atoms with van der Waals surface area (Å²) in [5, 5.41) is 0. The number of hydrogen-bond acceptors (Lipinski definition) is 12. The molecule has 17 heteroatoms. The van der Waals surface area contributed by atoms with Gasteiger partial charge >= 0.3 is 0 Å². The average Bonchev–Trinajstić information content (AvgIpc) is 3.20. The van der Waals surface area contributed by atoms with Crippen LogP contribution in [0.25, 0.3) is 0 Å². The van der Waals surface area contributed by atoms with Crippen molar-refractivity contribution in [2.24, 2.45) is 0 Å². The summed E-state index contributed by atoms with van der Waals surface area (Å²) in [5.41, 5.74) is 0. The monoisotopic (exact) mass is 1200 g/mol. The summed E-state index contributed by atoms with van der Waals surface area (Å²) in [4.78, 5) is 0. The molecule has 0 aromatic carbocycles. The van der Waals surface area contributed by atoms with Crippen molar-refractivity contribution < 1.29 is 51.9 Å². The molecule has 0 aliphatic rings. The molecule has 0 spiro atoms. The molecule has 0 amide bonds. The zero-order valence-electron chi connectivity index (χ0n) is 42.1. The first-order valence-corrected chi connectivity index (χ1v) is 32.3. The fraction of sp³-hybridized carbons (Fsp3) is 1.00. The minimum absolute atomic E-state index is 0. The number of hydrogen-bond donors (Lipinski definition) is 0. The van der Waals surface area contributed by atoms with E-state index in [1.54, 1.807) is 0 Å². The maximum absolute atomic E-state index is 10.3. The molecule has 0 unspecified atom stereocenters. The van der Waals surface area contributed by atoms with Crippen LogP contribution >= 0.6 is 0 Å². The minimum atomic E-state index is -3.98. The van der Waals surface area contributed by atoms with E-state index in [9.17, 15) is 51.9 Å². The van der Waals surface area contributed by atoms with Gasteiger partial charge in [-0.2, -0.15) is 0 Å². The van der Waals surface area contributed by atoms with Gasteiger partial charge in [0.2, 0.25) is 0 Å². The molecule has 12 nitrogen and oxygen atoms in total. The van der Waals surface area contributed by atoms with Gasteiger partial charge in [-0.15, -0.1) is 0 Å². The van der Waals surface area contributed by atoms with E-state index < -0.39 is 40.5 Å². The molecule has 0 fully saturated rings. The third-order valence-corrected chi connectivity index (χ3v) is 14.1. The van der Waals surface area contributed by atoms with Crippen molar-refractivity contribution in [2.45, 2.75) is 285 Å². The van der Waals surface area contributed by atoms with Gasteiger partial charge < -0.3 is 18.2 Å². The van der Waals surface area contributed by atoms with Gasteiger partial charge in [0, 0.05) is 50.3 Å². The maximum atomic E-state index is 10.3. The number of rotatable bonds is 44. The minimum Gasteiger partial charge on any atom is -0.748 e. The van der Waals surface area contributed by atoms with Crippen LogP contribution < -0.4 is 0 Å². The van der Waals surface area contributed by atoms with Gasteiger partial charge in [-0.3, -0.25) is 0 Å². The maximum Gasteiger partial charge on any atom is 0.0945 e. The molecule has 0 saturated heterocycles. The van der Waals surface area contributed by atoms with E-state index >= 15 is 0 Å². The van der Waals surface area contributed by atoms with Gasteiger partial charge in [0.05, 0.1) is 40.5 Å². The zero-order chi connectivity index (χ0) is 49.1. The summed E-state index contributed by atoms with van der Waals surface area (Å²) in [5.74, 6) is -0.764. The Balaban J connectivity index is -0.000000245. The molecule has 0 bridgehead atoms. The standard InChI is InChI=1S/4C12H26O3S.Pb/c4*1-2-3-4-5-6-7-8-9-10-11-12-16(13,14)15;/h4*2-12H2,1H3,(H,13,14,15);/p-4. The third-order valence-electron chi connectivity index (χ3n) is 11.0. The Labute approximate surface area is 424 Å². The molecule has 0 aliphatic heterocycles. The topological polar surface area (TPSA) is 229 Å². The van der Waals surface area contributed by atoms with Crippen molar-refractivity contribution in [3.63, 3.8) is 0 Å². The molecule has 0 atom stereocenters. The Morgan fingerprint density at radius 1 is 0.200 bits per heavy atom. The van der Waals surface area contributed by atoms with Gasteiger partial charge in [0.1, 0.15) is 0 Å². The molecule has 0 saturated carbocycles. The third kappa shape index (κ3) is 91.5. The van der Waals surface area contributed by atoms with Gasteiger partial charge in [-0.1, -0.05) is 259 Å². The Morgan fingerprint density at radius 3 is 0.385 bits per heavy atom. The predicted molar refractivity (Wildman–Crippen MR) is 271 cm³/mol. The summed E-state index contributed by atoms with van der Waals surface area (Å²) in [6, 6.07) is 0. The van der Waals surface area contributed by atoms with Crippen LogP contribution in [0.15, 0.2) is 0 Å². The molecule has 4 radical (unpaired) electrons. The largest absolute Gasteiger partial charge is 0.748 e. The van der Waals surface area contributed by atoms with Crippen molar-refractivity contribution in [2.75, 3.05) is 23.0 Å².